The Bertz CT molecular complexity index is 535. The number of hydrogen-bond donors (Lipinski definition) is 1. The summed E-state index contributed by atoms with van der Waals surface area (Å²) in [5, 5.41) is 3.51. The topological polar surface area (TPSA) is 12.0 Å². The Morgan fingerprint density at radius 1 is 1.00 bits per heavy atom. The summed E-state index contributed by atoms with van der Waals surface area (Å²) in [4.78, 5) is 0. The Morgan fingerprint density at radius 2 is 1.67 bits per heavy atom. The summed E-state index contributed by atoms with van der Waals surface area (Å²) in [6, 6.07) is 15.0. The fourth-order valence-corrected chi connectivity index (χ4v) is 2.68. The SMILES string of the molecule is Cc1ccc(NC(C)c2ccc(Br)cc2)c(Br)c1. The van der Waals surface area contributed by atoms with E-state index in [-0.39, 0.29) is 6.04 Å². The predicted octanol–water partition coefficient (Wildman–Crippen LogP) is 5.69. The van der Waals surface area contributed by atoms with Gasteiger partial charge in [-0.05, 0) is 65.2 Å². The third-order valence-electron chi connectivity index (χ3n) is 2.87. The molecule has 3 heteroatoms. The van der Waals surface area contributed by atoms with E-state index in [0.29, 0.717) is 0 Å². The van der Waals surface area contributed by atoms with Crippen LogP contribution in [0.1, 0.15) is 24.1 Å². The van der Waals surface area contributed by atoms with Crippen LogP contribution in [0.15, 0.2) is 51.4 Å². The lowest BCUT2D eigenvalue weighted by molar-refractivity contribution is 0.883. The lowest BCUT2D eigenvalue weighted by Gasteiger charge is -2.17. The van der Waals surface area contributed by atoms with Gasteiger partial charge in [-0.15, -0.1) is 0 Å². The van der Waals surface area contributed by atoms with E-state index in [0.717, 1.165) is 14.6 Å². The van der Waals surface area contributed by atoms with Crippen molar-refractivity contribution in [1.29, 1.82) is 0 Å². The molecule has 0 heterocycles. The summed E-state index contributed by atoms with van der Waals surface area (Å²) in [6.45, 7) is 4.25. The first kappa shape index (κ1) is 13.6. The smallest absolute Gasteiger partial charge is 0.0489 e. The molecule has 0 bridgehead atoms. The third-order valence-corrected chi connectivity index (χ3v) is 4.05. The fourth-order valence-electron chi connectivity index (χ4n) is 1.81. The maximum Gasteiger partial charge on any atom is 0.0489 e. The molecule has 0 amide bonds. The van der Waals surface area contributed by atoms with Gasteiger partial charge in [0.2, 0.25) is 0 Å². The molecule has 94 valence electrons. The van der Waals surface area contributed by atoms with Gasteiger partial charge in [-0.25, -0.2) is 0 Å². The van der Waals surface area contributed by atoms with Crippen molar-refractivity contribution in [2.75, 3.05) is 5.32 Å². The highest BCUT2D eigenvalue weighted by Gasteiger charge is 2.07. The van der Waals surface area contributed by atoms with Crippen LogP contribution in [0.25, 0.3) is 0 Å². The monoisotopic (exact) mass is 367 g/mol. The second kappa shape index (κ2) is 5.89. The summed E-state index contributed by atoms with van der Waals surface area (Å²) < 4.78 is 2.21. The molecule has 1 nitrogen and oxygen atoms in total. The van der Waals surface area contributed by atoms with E-state index < -0.39 is 0 Å². The molecule has 0 radical (unpaired) electrons. The number of hydrogen-bond acceptors (Lipinski definition) is 1. The van der Waals surface area contributed by atoms with Gasteiger partial charge >= 0.3 is 0 Å². The first-order valence-electron chi connectivity index (χ1n) is 5.84. The Balaban J connectivity index is 2.15. The average molecular weight is 369 g/mol. The van der Waals surface area contributed by atoms with Gasteiger partial charge in [0.15, 0.2) is 0 Å². The molecule has 0 aliphatic carbocycles. The van der Waals surface area contributed by atoms with E-state index in [9.17, 15) is 0 Å². The first-order chi connectivity index (χ1) is 8.56. The van der Waals surface area contributed by atoms with Crippen molar-refractivity contribution >= 4 is 37.5 Å². The van der Waals surface area contributed by atoms with Crippen LogP contribution in [0.4, 0.5) is 5.69 Å². The Morgan fingerprint density at radius 3 is 2.28 bits per heavy atom. The number of aryl methyl sites for hydroxylation is 1. The van der Waals surface area contributed by atoms with E-state index >= 15 is 0 Å². The average Bonchev–Trinajstić information content (AvgIpc) is 2.33. The van der Waals surface area contributed by atoms with Crippen LogP contribution in [-0.2, 0) is 0 Å². The van der Waals surface area contributed by atoms with Crippen LogP contribution in [0.3, 0.4) is 0 Å². The minimum atomic E-state index is 0.275. The van der Waals surface area contributed by atoms with Crippen LogP contribution >= 0.6 is 31.9 Å². The lowest BCUT2D eigenvalue weighted by atomic mass is 10.1. The molecule has 0 aliphatic heterocycles. The van der Waals surface area contributed by atoms with Gasteiger partial charge in [-0.2, -0.15) is 0 Å². The van der Waals surface area contributed by atoms with Crippen molar-refractivity contribution in [3.8, 4) is 0 Å². The van der Waals surface area contributed by atoms with Crippen molar-refractivity contribution in [2.24, 2.45) is 0 Å². The molecule has 0 saturated carbocycles. The molecule has 1 N–H and O–H groups in total. The standard InChI is InChI=1S/C15H15Br2N/c1-10-3-8-15(14(17)9-10)18-11(2)12-4-6-13(16)7-5-12/h3-9,11,18H,1-2H3. The molecule has 18 heavy (non-hydrogen) atoms. The Hall–Kier alpha value is -0.800. The zero-order valence-electron chi connectivity index (χ0n) is 10.4. The maximum atomic E-state index is 3.59. The van der Waals surface area contributed by atoms with Crippen molar-refractivity contribution in [1.82, 2.24) is 0 Å². The number of nitrogens with one attached hydrogen (secondary N) is 1. The van der Waals surface area contributed by atoms with Crippen molar-refractivity contribution in [3.63, 3.8) is 0 Å². The van der Waals surface area contributed by atoms with Gasteiger partial charge in [-0.3, -0.25) is 0 Å². The Kier molecular flexibility index (Phi) is 4.46. The van der Waals surface area contributed by atoms with Gasteiger partial charge in [-0.1, -0.05) is 34.1 Å². The molecule has 1 unspecified atom stereocenters. The van der Waals surface area contributed by atoms with Gasteiger partial charge in [0, 0.05) is 20.7 Å². The van der Waals surface area contributed by atoms with E-state index in [4.69, 9.17) is 0 Å². The number of benzene rings is 2. The lowest BCUT2D eigenvalue weighted by Crippen LogP contribution is -2.06. The molecule has 2 aromatic rings. The largest absolute Gasteiger partial charge is 0.378 e. The molecular formula is C15H15Br2N. The van der Waals surface area contributed by atoms with E-state index in [1.165, 1.54) is 11.1 Å². The molecule has 0 saturated heterocycles. The van der Waals surface area contributed by atoms with Crippen LogP contribution in [-0.4, -0.2) is 0 Å². The minimum absolute atomic E-state index is 0.275. The van der Waals surface area contributed by atoms with Crippen molar-refractivity contribution in [3.05, 3.63) is 62.5 Å². The molecule has 0 aromatic heterocycles. The van der Waals surface area contributed by atoms with Gasteiger partial charge in [0.25, 0.3) is 0 Å². The molecule has 0 fully saturated rings. The quantitative estimate of drug-likeness (QED) is 0.733. The molecule has 2 rings (SSSR count). The van der Waals surface area contributed by atoms with E-state index in [1.807, 2.05) is 0 Å². The van der Waals surface area contributed by atoms with Crippen LogP contribution in [0.2, 0.25) is 0 Å². The summed E-state index contributed by atoms with van der Waals surface area (Å²) in [5.74, 6) is 0. The molecule has 0 aliphatic rings. The van der Waals surface area contributed by atoms with Gasteiger partial charge in [0.05, 0.1) is 0 Å². The van der Waals surface area contributed by atoms with Crippen molar-refractivity contribution in [2.45, 2.75) is 19.9 Å². The maximum absolute atomic E-state index is 3.59. The predicted molar refractivity (Wildman–Crippen MR) is 85.1 cm³/mol. The Labute approximate surface area is 125 Å². The molecule has 2 aromatic carbocycles. The normalized spacial score (nSPS) is 12.2. The van der Waals surface area contributed by atoms with E-state index in [1.54, 1.807) is 0 Å². The fraction of sp³-hybridized carbons (Fsp3) is 0.200. The summed E-state index contributed by atoms with van der Waals surface area (Å²) in [6.07, 6.45) is 0. The molecular weight excluding hydrogens is 354 g/mol. The van der Waals surface area contributed by atoms with E-state index in [2.05, 4.69) is 93.5 Å². The summed E-state index contributed by atoms with van der Waals surface area (Å²) in [7, 11) is 0. The first-order valence-corrected chi connectivity index (χ1v) is 7.43. The highest BCUT2D eigenvalue weighted by molar-refractivity contribution is 9.10. The molecule has 0 spiro atoms. The number of halogens is 2. The second-order valence-electron chi connectivity index (χ2n) is 4.40. The van der Waals surface area contributed by atoms with Crippen LogP contribution in [0.5, 0.6) is 0 Å². The zero-order chi connectivity index (χ0) is 13.1. The second-order valence-corrected chi connectivity index (χ2v) is 6.17. The zero-order valence-corrected chi connectivity index (χ0v) is 13.5. The number of rotatable bonds is 3. The van der Waals surface area contributed by atoms with Crippen LogP contribution < -0.4 is 5.32 Å². The van der Waals surface area contributed by atoms with Gasteiger partial charge in [0.1, 0.15) is 0 Å². The van der Waals surface area contributed by atoms with Gasteiger partial charge < -0.3 is 5.32 Å². The molecule has 1 atom stereocenters. The highest BCUT2D eigenvalue weighted by Crippen LogP contribution is 2.27. The van der Waals surface area contributed by atoms with Crippen LogP contribution in [0, 0.1) is 6.92 Å². The number of anilines is 1. The third kappa shape index (κ3) is 3.36. The minimum Gasteiger partial charge on any atom is -0.378 e. The summed E-state index contributed by atoms with van der Waals surface area (Å²) in [5.41, 5.74) is 3.64. The summed E-state index contributed by atoms with van der Waals surface area (Å²) >= 11 is 7.04. The highest BCUT2D eigenvalue weighted by atomic mass is 79.9. The van der Waals surface area contributed by atoms with Crippen molar-refractivity contribution < 1.29 is 0 Å².